The third kappa shape index (κ3) is 5.48. The Morgan fingerprint density at radius 1 is 1.00 bits per heavy atom. The van der Waals surface area contributed by atoms with Crippen LogP contribution in [0.2, 0.25) is 0 Å². The van der Waals surface area contributed by atoms with E-state index >= 15 is 0 Å². The van der Waals surface area contributed by atoms with Crippen molar-refractivity contribution in [3.63, 3.8) is 0 Å². The van der Waals surface area contributed by atoms with E-state index in [0.717, 1.165) is 22.4 Å². The third-order valence-electron chi connectivity index (χ3n) is 5.05. The molecule has 33 heavy (non-hydrogen) atoms. The Balaban J connectivity index is 1.63. The molecule has 170 valence electrons. The summed E-state index contributed by atoms with van der Waals surface area (Å²) in [6, 6.07) is 15.1. The second-order valence-electron chi connectivity index (χ2n) is 7.59. The molecule has 8 nitrogen and oxygen atoms in total. The number of hydrogen-bond acceptors (Lipinski definition) is 7. The Labute approximate surface area is 192 Å². The smallest absolute Gasteiger partial charge is 0.261 e. The van der Waals surface area contributed by atoms with Crippen molar-refractivity contribution >= 4 is 33.9 Å². The maximum Gasteiger partial charge on any atom is 0.261 e. The minimum absolute atomic E-state index is 0.126. The summed E-state index contributed by atoms with van der Waals surface area (Å²) in [6.07, 6.45) is 3.49. The Kier molecular flexibility index (Phi) is 6.85. The van der Waals surface area contributed by atoms with Crippen LogP contribution in [0.4, 0.5) is 23.1 Å². The number of rotatable bonds is 9. The van der Waals surface area contributed by atoms with E-state index in [1.54, 1.807) is 24.0 Å². The van der Waals surface area contributed by atoms with E-state index in [0.29, 0.717) is 42.7 Å². The summed E-state index contributed by atoms with van der Waals surface area (Å²) < 4.78 is 12.5. The van der Waals surface area contributed by atoms with Crippen molar-refractivity contribution in [2.24, 2.45) is 7.05 Å². The lowest BCUT2D eigenvalue weighted by Crippen LogP contribution is -2.17. The molecule has 0 fully saturated rings. The molecule has 0 spiro atoms. The molecule has 1 aromatic carbocycles. The van der Waals surface area contributed by atoms with Crippen molar-refractivity contribution < 1.29 is 9.47 Å². The zero-order valence-corrected chi connectivity index (χ0v) is 19.0. The molecular formula is C25H27N5O3. The molecule has 3 heterocycles. The van der Waals surface area contributed by atoms with E-state index in [9.17, 15) is 4.79 Å². The van der Waals surface area contributed by atoms with Crippen LogP contribution in [0.5, 0.6) is 5.75 Å². The van der Waals surface area contributed by atoms with Gasteiger partial charge in [-0.2, -0.15) is 0 Å². The lowest BCUT2D eigenvalue weighted by atomic mass is 10.2. The van der Waals surface area contributed by atoms with Crippen LogP contribution in [-0.4, -0.2) is 34.4 Å². The summed E-state index contributed by atoms with van der Waals surface area (Å²) in [5.41, 5.74) is 1.75. The first kappa shape index (κ1) is 22.3. The van der Waals surface area contributed by atoms with Gasteiger partial charge in [-0.15, -0.1) is 0 Å². The Morgan fingerprint density at radius 3 is 2.58 bits per heavy atom. The van der Waals surface area contributed by atoms with Gasteiger partial charge in [0.25, 0.3) is 5.56 Å². The number of nitrogens with zero attached hydrogens (tertiary/aromatic N) is 3. The van der Waals surface area contributed by atoms with Gasteiger partial charge in [0, 0.05) is 31.7 Å². The number of anilines is 4. The summed E-state index contributed by atoms with van der Waals surface area (Å²) >= 11 is 0. The zero-order chi connectivity index (χ0) is 23.2. The van der Waals surface area contributed by atoms with Gasteiger partial charge in [-0.1, -0.05) is 0 Å². The Morgan fingerprint density at radius 2 is 1.82 bits per heavy atom. The van der Waals surface area contributed by atoms with E-state index in [-0.39, 0.29) is 5.56 Å². The van der Waals surface area contributed by atoms with Crippen molar-refractivity contribution in [2.45, 2.75) is 13.8 Å². The number of fused-ring (bicyclic) bond motifs is 1. The van der Waals surface area contributed by atoms with Crippen LogP contribution in [-0.2, 0) is 11.8 Å². The molecule has 0 aliphatic heterocycles. The Hall–Kier alpha value is -3.91. The summed E-state index contributed by atoms with van der Waals surface area (Å²) in [5, 5.41) is 7.82. The fraction of sp³-hybridized carbons (Fsp3) is 0.240. The molecule has 0 radical (unpaired) electrons. The number of aromatic nitrogens is 3. The normalized spacial score (nSPS) is 10.9. The fourth-order valence-electron chi connectivity index (χ4n) is 3.38. The van der Waals surface area contributed by atoms with E-state index in [4.69, 9.17) is 14.5 Å². The number of hydrogen-bond donors (Lipinski definition) is 2. The van der Waals surface area contributed by atoms with Gasteiger partial charge < -0.3 is 24.7 Å². The second-order valence-corrected chi connectivity index (χ2v) is 7.59. The number of nitrogens with one attached hydrogen (secondary N) is 2. The summed E-state index contributed by atoms with van der Waals surface area (Å²) in [5.74, 6) is 2.49. The third-order valence-corrected chi connectivity index (χ3v) is 5.05. The average Bonchev–Trinajstić information content (AvgIpc) is 2.80. The molecule has 0 bridgehead atoms. The van der Waals surface area contributed by atoms with Gasteiger partial charge in [0.15, 0.2) is 0 Å². The highest BCUT2D eigenvalue weighted by molar-refractivity contribution is 5.94. The van der Waals surface area contributed by atoms with Crippen molar-refractivity contribution in [1.29, 1.82) is 0 Å². The van der Waals surface area contributed by atoms with Crippen LogP contribution in [0.1, 0.15) is 12.5 Å². The van der Waals surface area contributed by atoms with Gasteiger partial charge in [0.2, 0.25) is 0 Å². The van der Waals surface area contributed by atoms with E-state index in [1.807, 2.05) is 62.4 Å². The molecule has 3 aromatic heterocycles. The van der Waals surface area contributed by atoms with Crippen LogP contribution in [0.25, 0.3) is 10.8 Å². The topological polar surface area (TPSA) is 90.3 Å². The van der Waals surface area contributed by atoms with Crippen LogP contribution >= 0.6 is 0 Å². The zero-order valence-electron chi connectivity index (χ0n) is 19.0. The maximum atomic E-state index is 12.9. The predicted octanol–water partition coefficient (Wildman–Crippen LogP) is 4.54. The molecule has 4 aromatic rings. The molecule has 0 atom stereocenters. The Bertz CT molecular complexity index is 1300. The first-order valence-corrected chi connectivity index (χ1v) is 10.8. The lowest BCUT2D eigenvalue weighted by Gasteiger charge is -2.13. The van der Waals surface area contributed by atoms with Crippen LogP contribution in [0.15, 0.2) is 65.7 Å². The van der Waals surface area contributed by atoms with Crippen molar-refractivity contribution in [3.05, 3.63) is 76.8 Å². The number of pyridine rings is 3. The van der Waals surface area contributed by atoms with Gasteiger partial charge in [-0.3, -0.25) is 4.79 Å². The molecule has 4 rings (SSSR count). The molecule has 8 heteroatoms. The molecule has 0 amide bonds. The highest BCUT2D eigenvalue weighted by Gasteiger charge is 2.12. The first-order valence-electron chi connectivity index (χ1n) is 10.8. The largest absolute Gasteiger partial charge is 0.491 e. The maximum absolute atomic E-state index is 12.9. The summed E-state index contributed by atoms with van der Waals surface area (Å²) in [6.45, 7) is 5.66. The molecule has 0 saturated heterocycles. The standard InChI is InChI=1S/C25H27N5O3/c1-4-32-13-14-33-20-7-5-19(6-8-20)27-24-23-18(10-12-30(3)25(23)31)16-22(29-24)28-21-15-17(2)9-11-26-21/h5-12,15-16H,4,13-14H2,1-3H3,(H2,26,27,28,29). The molecule has 2 N–H and O–H groups in total. The quantitative estimate of drug-likeness (QED) is 0.366. The highest BCUT2D eigenvalue weighted by atomic mass is 16.5. The van der Waals surface area contributed by atoms with Crippen LogP contribution in [0.3, 0.4) is 0 Å². The molecular weight excluding hydrogens is 418 g/mol. The minimum atomic E-state index is -0.126. The van der Waals surface area contributed by atoms with Crippen molar-refractivity contribution in [2.75, 3.05) is 30.5 Å². The molecule has 0 aliphatic carbocycles. The van der Waals surface area contributed by atoms with E-state index in [2.05, 4.69) is 15.6 Å². The number of benzene rings is 1. The number of aryl methyl sites for hydroxylation is 2. The van der Waals surface area contributed by atoms with Gasteiger partial charge in [0.1, 0.15) is 29.8 Å². The van der Waals surface area contributed by atoms with E-state index < -0.39 is 0 Å². The van der Waals surface area contributed by atoms with Gasteiger partial charge in [0.05, 0.1) is 12.0 Å². The summed E-state index contributed by atoms with van der Waals surface area (Å²) in [7, 11) is 1.72. The minimum Gasteiger partial charge on any atom is -0.491 e. The van der Waals surface area contributed by atoms with Crippen molar-refractivity contribution in [1.82, 2.24) is 14.5 Å². The molecule has 0 saturated carbocycles. The van der Waals surface area contributed by atoms with Crippen molar-refractivity contribution in [3.8, 4) is 5.75 Å². The van der Waals surface area contributed by atoms with Crippen LogP contribution < -0.4 is 20.9 Å². The SMILES string of the molecule is CCOCCOc1ccc(Nc2nc(Nc3cc(C)ccn3)cc3ccn(C)c(=O)c23)cc1. The summed E-state index contributed by atoms with van der Waals surface area (Å²) in [4.78, 5) is 21.9. The monoisotopic (exact) mass is 445 g/mol. The van der Waals surface area contributed by atoms with E-state index in [1.165, 1.54) is 0 Å². The highest BCUT2D eigenvalue weighted by Crippen LogP contribution is 2.27. The molecule has 0 aliphatic rings. The predicted molar refractivity (Wildman–Crippen MR) is 131 cm³/mol. The molecule has 0 unspecified atom stereocenters. The van der Waals surface area contributed by atoms with Gasteiger partial charge in [-0.05, 0) is 73.3 Å². The van der Waals surface area contributed by atoms with Crippen LogP contribution in [0, 0.1) is 6.92 Å². The average molecular weight is 446 g/mol. The van der Waals surface area contributed by atoms with Gasteiger partial charge >= 0.3 is 0 Å². The fourth-order valence-corrected chi connectivity index (χ4v) is 3.38. The first-order chi connectivity index (χ1) is 16.0. The second kappa shape index (κ2) is 10.1. The van der Waals surface area contributed by atoms with Gasteiger partial charge in [-0.25, -0.2) is 9.97 Å². The lowest BCUT2D eigenvalue weighted by molar-refractivity contribution is 0.110. The number of ether oxygens (including phenoxy) is 2.